The zero-order valence-electron chi connectivity index (χ0n) is 13.1. The maximum Gasteiger partial charge on any atom is 0.317 e. The smallest absolute Gasteiger partial charge is 0.317 e. The SMILES string of the molecule is Cc1nc(CNC(=O)N2CCC[C@@H]2Cc2cccc(F)c2)cs1. The van der Waals surface area contributed by atoms with E-state index in [9.17, 15) is 9.18 Å². The molecule has 4 nitrogen and oxygen atoms in total. The van der Waals surface area contributed by atoms with Gasteiger partial charge in [-0.2, -0.15) is 0 Å². The van der Waals surface area contributed by atoms with Gasteiger partial charge in [-0.1, -0.05) is 12.1 Å². The molecule has 2 aromatic rings. The summed E-state index contributed by atoms with van der Waals surface area (Å²) in [5.41, 5.74) is 1.83. The van der Waals surface area contributed by atoms with Gasteiger partial charge in [0.2, 0.25) is 0 Å². The van der Waals surface area contributed by atoms with E-state index in [1.165, 1.54) is 6.07 Å². The van der Waals surface area contributed by atoms with Gasteiger partial charge in [0.1, 0.15) is 5.82 Å². The van der Waals surface area contributed by atoms with E-state index < -0.39 is 0 Å². The monoisotopic (exact) mass is 333 g/mol. The molecule has 1 saturated heterocycles. The quantitative estimate of drug-likeness (QED) is 0.931. The number of thiazole rings is 1. The van der Waals surface area contributed by atoms with Crippen LogP contribution in [0, 0.1) is 12.7 Å². The van der Waals surface area contributed by atoms with Crippen LogP contribution in [0.1, 0.15) is 29.1 Å². The summed E-state index contributed by atoms with van der Waals surface area (Å²) in [7, 11) is 0. The van der Waals surface area contributed by atoms with E-state index in [0.717, 1.165) is 35.7 Å². The number of carbonyl (C=O) groups excluding carboxylic acids is 1. The molecule has 1 aliphatic heterocycles. The molecule has 1 N–H and O–H groups in total. The van der Waals surface area contributed by atoms with Crippen molar-refractivity contribution in [2.24, 2.45) is 0 Å². The first kappa shape index (κ1) is 15.9. The first-order valence-corrected chi connectivity index (χ1v) is 8.70. The highest BCUT2D eigenvalue weighted by atomic mass is 32.1. The number of amides is 2. The third-order valence-corrected chi connectivity index (χ3v) is 4.91. The number of rotatable bonds is 4. The second kappa shape index (κ2) is 7.08. The minimum absolute atomic E-state index is 0.0606. The van der Waals surface area contributed by atoms with Gasteiger partial charge in [-0.15, -0.1) is 11.3 Å². The van der Waals surface area contributed by atoms with Gasteiger partial charge < -0.3 is 10.2 Å². The van der Waals surface area contributed by atoms with Crippen LogP contribution in [0.3, 0.4) is 0 Å². The average Bonchev–Trinajstić information content (AvgIpc) is 3.14. The van der Waals surface area contributed by atoms with Crippen molar-refractivity contribution < 1.29 is 9.18 Å². The van der Waals surface area contributed by atoms with Crippen molar-refractivity contribution in [2.75, 3.05) is 6.54 Å². The van der Waals surface area contributed by atoms with Gasteiger partial charge in [0, 0.05) is 18.0 Å². The number of aromatic nitrogens is 1. The highest BCUT2D eigenvalue weighted by Crippen LogP contribution is 2.21. The van der Waals surface area contributed by atoms with Crippen LogP contribution in [-0.4, -0.2) is 28.5 Å². The number of hydrogen-bond donors (Lipinski definition) is 1. The molecule has 3 rings (SSSR count). The first-order chi connectivity index (χ1) is 11.1. The molecule has 1 atom stereocenters. The standard InChI is InChI=1S/C17H20FN3OS/c1-12-20-15(11-23-12)10-19-17(22)21-7-3-6-16(21)9-13-4-2-5-14(18)8-13/h2,4-5,8,11,16H,3,6-7,9-10H2,1H3,(H,19,22)/t16-/m1/s1. The summed E-state index contributed by atoms with van der Waals surface area (Å²) in [5, 5.41) is 5.90. The molecular formula is C17H20FN3OS. The van der Waals surface area contributed by atoms with Crippen molar-refractivity contribution in [1.29, 1.82) is 0 Å². The first-order valence-electron chi connectivity index (χ1n) is 7.82. The van der Waals surface area contributed by atoms with Crippen LogP contribution < -0.4 is 5.32 Å². The van der Waals surface area contributed by atoms with Gasteiger partial charge in [0.05, 0.1) is 17.2 Å². The Morgan fingerprint density at radius 2 is 2.39 bits per heavy atom. The average molecular weight is 333 g/mol. The number of urea groups is 1. The van der Waals surface area contributed by atoms with Gasteiger partial charge in [0.15, 0.2) is 0 Å². The molecule has 122 valence electrons. The summed E-state index contributed by atoms with van der Waals surface area (Å²) < 4.78 is 13.3. The Bertz CT molecular complexity index is 688. The summed E-state index contributed by atoms with van der Waals surface area (Å²) in [5.74, 6) is -0.226. The Morgan fingerprint density at radius 1 is 1.52 bits per heavy atom. The molecule has 2 amide bonds. The number of hydrogen-bond acceptors (Lipinski definition) is 3. The molecular weight excluding hydrogens is 313 g/mol. The van der Waals surface area contributed by atoms with Gasteiger partial charge in [-0.25, -0.2) is 14.2 Å². The van der Waals surface area contributed by atoms with Crippen molar-refractivity contribution >= 4 is 17.4 Å². The molecule has 1 aromatic carbocycles. The van der Waals surface area contributed by atoms with Crippen LogP contribution in [0.25, 0.3) is 0 Å². The Labute approximate surface area is 139 Å². The van der Waals surface area contributed by atoms with E-state index in [0.29, 0.717) is 13.0 Å². The maximum atomic E-state index is 13.3. The van der Waals surface area contributed by atoms with E-state index in [2.05, 4.69) is 10.3 Å². The number of carbonyl (C=O) groups is 1. The lowest BCUT2D eigenvalue weighted by molar-refractivity contribution is 0.192. The fraction of sp³-hybridized carbons (Fsp3) is 0.412. The highest BCUT2D eigenvalue weighted by Gasteiger charge is 2.28. The maximum absolute atomic E-state index is 13.3. The third-order valence-electron chi connectivity index (χ3n) is 4.09. The fourth-order valence-corrected chi connectivity index (χ4v) is 3.62. The largest absolute Gasteiger partial charge is 0.332 e. The van der Waals surface area contributed by atoms with E-state index >= 15 is 0 Å². The number of benzene rings is 1. The molecule has 0 spiro atoms. The number of halogens is 1. The molecule has 0 bridgehead atoms. The number of nitrogens with one attached hydrogen (secondary N) is 1. The molecule has 23 heavy (non-hydrogen) atoms. The van der Waals surface area contributed by atoms with Crippen LogP contribution in [0.4, 0.5) is 9.18 Å². The van der Waals surface area contributed by atoms with E-state index in [1.807, 2.05) is 23.3 Å². The Hall–Kier alpha value is -1.95. The summed E-state index contributed by atoms with van der Waals surface area (Å²) in [6.45, 7) is 3.15. The fourth-order valence-electron chi connectivity index (χ4n) is 3.01. The normalized spacial score (nSPS) is 17.5. The zero-order valence-corrected chi connectivity index (χ0v) is 13.9. The lowest BCUT2D eigenvalue weighted by Crippen LogP contribution is -2.43. The molecule has 1 aromatic heterocycles. The molecule has 0 aliphatic carbocycles. The number of likely N-dealkylation sites (tertiary alicyclic amines) is 1. The highest BCUT2D eigenvalue weighted by molar-refractivity contribution is 7.09. The Balaban J connectivity index is 1.58. The van der Waals surface area contributed by atoms with Gasteiger partial charge in [-0.05, 0) is 43.9 Å². The Kier molecular flexibility index (Phi) is 4.91. The number of nitrogens with zero attached hydrogens (tertiary/aromatic N) is 2. The predicted molar refractivity (Wildman–Crippen MR) is 88.9 cm³/mol. The van der Waals surface area contributed by atoms with E-state index in [1.54, 1.807) is 23.5 Å². The minimum Gasteiger partial charge on any atom is -0.332 e. The van der Waals surface area contributed by atoms with E-state index in [4.69, 9.17) is 0 Å². The molecule has 6 heteroatoms. The van der Waals surface area contributed by atoms with Gasteiger partial charge in [0.25, 0.3) is 0 Å². The van der Waals surface area contributed by atoms with E-state index in [-0.39, 0.29) is 17.9 Å². The van der Waals surface area contributed by atoms with Crippen LogP contribution in [0.2, 0.25) is 0 Å². The predicted octanol–water partition coefficient (Wildman–Crippen LogP) is 3.51. The van der Waals surface area contributed by atoms with Crippen LogP contribution in [0.5, 0.6) is 0 Å². The molecule has 0 unspecified atom stereocenters. The second-order valence-electron chi connectivity index (χ2n) is 5.84. The second-order valence-corrected chi connectivity index (χ2v) is 6.90. The third kappa shape index (κ3) is 4.07. The van der Waals surface area contributed by atoms with Crippen molar-refractivity contribution in [3.8, 4) is 0 Å². The van der Waals surface area contributed by atoms with Crippen molar-refractivity contribution in [3.63, 3.8) is 0 Å². The summed E-state index contributed by atoms with van der Waals surface area (Å²) in [4.78, 5) is 18.6. The Morgan fingerprint density at radius 3 is 3.13 bits per heavy atom. The summed E-state index contributed by atoms with van der Waals surface area (Å²) in [6.07, 6.45) is 2.64. The molecule has 1 fully saturated rings. The zero-order chi connectivity index (χ0) is 16.2. The van der Waals surface area contributed by atoms with Crippen LogP contribution in [0.15, 0.2) is 29.6 Å². The lowest BCUT2D eigenvalue weighted by Gasteiger charge is -2.25. The molecule has 2 heterocycles. The summed E-state index contributed by atoms with van der Waals surface area (Å²) >= 11 is 1.58. The van der Waals surface area contributed by atoms with Gasteiger partial charge in [-0.3, -0.25) is 0 Å². The lowest BCUT2D eigenvalue weighted by atomic mass is 10.0. The molecule has 1 aliphatic rings. The molecule has 0 radical (unpaired) electrons. The number of aryl methyl sites for hydroxylation is 1. The van der Waals surface area contributed by atoms with Crippen molar-refractivity contribution in [2.45, 2.75) is 38.8 Å². The summed E-state index contributed by atoms with van der Waals surface area (Å²) in [6, 6.07) is 6.69. The van der Waals surface area contributed by atoms with Crippen LogP contribution >= 0.6 is 11.3 Å². The van der Waals surface area contributed by atoms with Crippen LogP contribution in [-0.2, 0) is 13.0 Å². The minimum atomic E-state index is -0.226. The van der Waals surface area contributed by atoms with Gasteiger partial charge >= 0.3 is 6.03 Å². The van der Waals surface area contributed by atoms with Crippen molar-refractivity contribution in [3.05, 3.63) is 51.7 Å². The van der Waals surface area contributed by atoms with Crippen molar-refractivity contribution in [1.82, 2.24) is 15.2 Å². The topological polar surface area (TPSA) is 45.2 Å². The molecule has 0 saturated carbocycles.